The van der Waals surface area contributed by atoms with Gasteiger partial charge in [-0.05, 0) is 76.5 Å². The number of piperidine rings is 1. The van der Waals surface area contributed by atoms with Crippen LogP contribution in [0.4, 0.5) is 0 Å². The molecule has 2 aromatic carbocycles. The van der Waals surface area contributed by atoms with Gasteiger partial charge in [0.05, 0.1) is 10.6 Å². The number of sulfonamides is 1. The summed E-state index contributed by atoms with van der Waals surface area (Å²) in [7, 11) is -3.59. The van der Waals surface area contributed by atoms with E-state index in [1.165, 1.54) is 5.69 Å². The highest BCUT2D eigenvalue weighted by Crippen LogP contribution is 2.29. The highest BCUT2D eigenvalue weighted by atomic mass is 32.2. The van der Waals surface area contributed by atoms with Gasteiger partial charge in [0.2, 0.25) is 10.0 Å². The van der Waals surface area contributed by atoms with E-state index in [4.69, 9.17) is 0 Å². The van der Waals surface area contributed by atoms with Gasteiger partial charge in [0.1, 0.15) is 0 Å². The molecule has 0 saturated carbocycles. The van der Waals surface area contributed by atoms with E-state index < -0.39 is 10.0 Å². The molecule has 1 N–H and O–H groups in total. The second-order valence-corrected chi connectivity index (χ2v) is 10.5. The van der Waals surface area contributed by atoms with Gasteiger partial charge < -0.3 is 4.90 Å². The van der Waals surface area contributed by atoms with Crippen LogP contribution in [0.2, 0.25) is 0 Å². The minimum absolute atomic E-state index is 0.265. The summed E-state index contributed by atoms with van der Waals surface area (Å²) in [6.45, 7) is 8.01. The van der Waals surface area contributed by atoms with E-state index in [2.05, 4.69) is 39.3 Å². The van der Waals surface area contributed by atoms with E-state index >= 15 is 0 Å². The molecule has 4 rings (SSSR count). The third kappa shape index (κ3) is 5.91. The zero-order valence-electron chi connectivity index (χ0n) is 19.5. The Kier molecular flexibility index (Phi) is 7.63. The second kappa shape index (κ2) is 10.6. The van der Waals surface area contributed by atoms with Crippen molar-refractivity contribution in [2.24, 2.45) is 0 Å². The molecule has 0 spiro atoms. The first kappa shape index (κ1) is 23.7. The van der Waals surface area contributed by atoms with Crippen LogP contribution in [-0.4, -0.2) is 42.7 Å². The Balaban J connectivity index is 1.40. The van der Waals surface area contributed by atoms with Gasteiger partial charge in [-0.15, -0.1) is 0 Å². The summed E-state index contributed by atoms with van der Waals surface area (Å²) >= 11 is 0. The van der Waals surface area contributed by atoms with Gasteiger partial charge in [-0.3, -0.25) is 4.68 Å². The molecule has 2 heterocycles. The summed E-state index contributed by atoms with van der Waals surface area (Å²) in [5.41, 5.74) is 3.44. The van der Waals surface area contributed by atoms with E-state index in [0.717, 1.165) is 56.7 Å². The van der Waals surface area contributed by atoms with E-state index in [-0.39, 0.29) is 6.04 Å². The lowest BCUT2D eigenvalue weighted by atomic mass is 9.92. The van der Waals surface area contributed by atoms with Crippen LogP contribution < -0.4 is 4.72 Å². The summed E-state index contributed by atoms with van der Waals surface area (Å²) in [6.07, 6.45) is 2.94. The van der Waals surface area contributed by atoms with Crippen molar-refractivity contribution in [2.45, 2.75) is 56.5 Å². The Bertz CT molecular complexity index is 1120. The maximum Gasteiger partial charge on any atom is 0.241 e. The Labute approximate surface area is 197 Å². The highest BCUT2D eigenvalue weighted by molar-refractivity contribution is 7.89. The number of nitrogens with one attached hydrogen (secondary N) is 1. The van der Waals surface area contributed by atoms with Crippen molar-refractivity contribution < 1.29 is 8.42 Å². The van der Waals surface area contributed by atoms with E-state index in [1.54, 1.807) is 24.3 Å². The highest BCUT2D eigenvalue weighted by Gasteiger charge is 2.26. The van der Waals surface area contributed by atoms with Gasteiger partial charge in [0.25, 0.3) is 0 Å². The summed E-state index contributed by atoms with van der Waals surface area (Å²) in [6, 6.07) is 20.4. The predicted octanol–water partition coefficient (Wildman–Crippen LogP) is 4.50. The van der Waals surface area contributed by atoms with Gasteiger partial charge >= 0.3 is 0 Å². The third-order valence-corrected chi connectivity index (χ3v) is 8.01. The minimum atomic E-state index is -3.59. The summed E-state index contributed by atoms with van der Waals surface area (Å²) in [4.78, 5) is 2.76. The largest absolute Gasteiger partial charge is 0.303 e. The lowest BCUT2D eigenvalue weighted by Gasteiger charge is -2.33. The van der Waals surface area contributed by atoms with Crippen molar-refractivity contribution in [1.82, 2.24) is 19.4 Å². The molecule has 0 unspecified atom stereocenters. The quantitative estimate of drug-likeness (QED) is 0.504. The molecular formula is C26H34N4O2S. The van der Waals surface area contributed by atoms with Gasteiger partial charge in [-0.1, -0.05) is 48.5 Å². The van der Waals surface area contributed by atoms with Crippen molar-refractivity contribution in [3.8, 4) is 0 Å². The van der Waals surface area contributed by atoms with Gasteiger partial charge in [0, 0.05) is 24.2 Å². The van der Waals surface area contributed by atoms with Crippen molar-refractivity contribution in [3.05, 3.63) is 83.7 Å². The van der Waals surface area contributed by atoms with E-state index in [1.807, 2.05) is 36.4 Å². The Hall–Kier alpha value is -2.48. The fraction of sp³-hybridized carbons (Fsp3) is 0.423. The molecule has 1 atom stereocenters. The molecule has 0 aliphatic carbocycles. The van der Waals surface area contributed by atoms with Gasteiger partial charge in [0.15, 0.2) is 0 Å². The molecule has 1 aromatic heterocycles. The van der Waals surface area contributed by atoms with E-state index in [9.17, 15) is 8.42 Å². The van der Waals surface area contributed by atoms with Crippen LogP contribution in [0, 0.1) is 6.92 Å². The standard InChI is InChI=1S/C26H34N4O2S/c1-3-30-26(20-21(2)27-30)23-14-17-29(18-15-23)19-16-25(22-10-6-4-7-11-22)28-33(31,32)24-12-8-5-9-13-24/h4-13,20,23,25,28H,3,14-19H2,1-2H3/t25-/m1/s1. The molecule has 0 radical (unpaired) electrons. The number of hydrogen-bond acceptors (Lipinski definition) is 4. The van der Waals surface area contributed by atoms with E-state index in [0.29, 0.717) is 10.8 Å². The number of hydrogen-bond donors (Lipinski definition) is 1. The number of aryl methyl sites for hydroxylation is 2. The number of rotatable bonds is 9. The number of nitrogens with zero attached hydrogens (tertiary/aromatic N) is 3. The molecule has 7 heteroatoms. The summed E-state index contributed by atoms with van der Waals surface area (Å²) < 4.78 is 31.1. The lowest BCUT2D eigenvalue weighted by Crippen LogP contribution is -2.37. The molecule has 0 bridgehead atoms. The maximum absolute atomic E-state index is 13.0. The average Bonchev–Trinajstić information content (AvgIpc) is 3.24. The second-order valence-electron chi connectivity index (χ2n) is 8.83. The molecule has 33 heavy (non-hydrogen) atoms. The zero-order valence-corrected chi connectivity index (χ0v) is 20.3. The van der Waals surface area contributed by atoms with Gasteiger partial charge in [-0.25, -0.2) is 13.1 Å². The summed E-state index contributed by atoms with van der Waals surface area (Å²) in [5, 5.41) is 4.61. The molecule has 6 nitrogen and oxygen atoms in total. The first-order valence-corrected chi connectivity index (χ1v) is 13.3. The molecule has 3 aromatic rings. The summed E-state index contributed by atoms with van der Waals surface area (Å²) in [5.74, 6) is 0.545. The fourth-order valence-electron chi connectivity index (χ4n) is 4.75. The molecule has 0 amide bonds. The molecule has 176 valence electrons. The molecule has 1 aliphatic rings. The zero-order chi connectivity index (χ0) is 23.3. The van der Waals surface area contributed by atoms with Crippen LogP contribution in [0.15, 0.2) is 71.6 Å². The normalized spacial score (nSPS) is 16.7. The average molecular weight is 467 g/mol. The lowest BCUT2D eigenvalue weighted by molar-refractivity contribution is 0.201. The third-order valence-electron chi connectivity index (χ3n) is 6.53. The molecule has 1 saturated heterocycles. The predicted molar refractivity (Wildman–Crippen MR) is 132 cm³/mol. The SMILES string of the molecule is CCn1nc(C)cc1C1CCN(CC[C@@H](NS(=O)(=O)c2ccccc2)c2ccccc2)CC1. The van der Waals surface area contributed by atoms with Crippen LogP contribution in [0.5, 0.6) is 0 Å². The van der Waals surface area contributed by atoms with Crippen LogP contribution in [0.25, 0.3) is 0 Å². The van der Waals surface area contributed by atoms with Crippen LogP contribution in [0.3, 0.4) is 0 Å². The topological polar surface area (TPSA) is 67.2 Å². The number of benzene rings is 2. The Morgan fingerprint density at radius 3 is 2.30 bits per heavy atom. The van der Waals surface area contributed by atoms with Crippen LogP contribution in [0.1, 0.15) is 55.1 Å². The molecule has 1 aliphatic heterocycles. The monoisotopic (exact) mass is 466 g/mol. The van der Waals surface area contributed by atoms with Crippen LogP contribution >= 0.6 is 0 Å². The Morgan fingerprint density at radius 2 is 1.67 bits per heavy atom. The number of aromatic nitrogens is 2. The fourth-order valence-corrected chi connectivity index (χ4v) is 6.03. The first-order chi connectivity index (χ1) is 16.0. The molecule has 1 fully saturated rings. The smallest absolute Gasteiger partial charge is 0.241 e. The first-order valence-electron chi connectivity index (χ1n) is 11.9. The minimum Gasteiger partial charge on any atom is -0.303 e. The van der Waals surface area contributed by atoms with Crippen molar-refractivity contribution in [3.63, 3.8) is 0 Å². The number of likely N-dealkylation sites (tertiary alicyclic amines) is 1. The van der Waals surface area contributed by atoms with Crippen molar-refractivity contribution in [1.29, 1.82) is 0 Å². The van der Waals surface area contributed by atoms with Crippen molar-refractivity contribution >= 4 is 10.0 Å². The Morgan fingerprint density at radius 1 is 1.03 bits per heavy atom. The maximum atomic E-state index is 13.0. The van der Waals surface area contributed by atoms with Gasteiger partial charge in [-0.2, -0.15) is 5.10 Å². The van der Waals surface area contributed by atoms with Crippen LogP contribution in [-0.2, 0) is 16.6 Å². The van der Waals surface area contributed by atoms with Crippen molar-refractivity contribution in [2.75, 3.05) is 19.6 Å². The molecular weight excluding hydrogens is 432 g/mol.